The van der Waals surface area contributed by atoms with Gasteiger partial charge in [0.25, 0.3) is 0 Å². The van der Waals surface area contributed by atoms with Crippen molar-refractivity contribution in [3.05, 3.63) is 30.1 Å². The van der Waals surface area contributed by atoms with Gasteiger partial charge < -0.3 is 15.5 Å². The van der Waals surface area contributed by atoms with Crippen LogP contribution in [0.1, 0.15) is 26.5 Å². The Labute approximate surface area is 152 Å². The number of halogens is 1. The molecule has 1 aromatic heterocycles. The number of rotatable bonds is 7. The van der Waals surface area contributed by atoms with E-state index in [2.05, 4.69) is 60.4 Å². The van der Waals surface area contributed by atoms with Crippen LogP contribution in [0.25, 0.3) is 0 Å². The number of aromatic nitrogens is 1. The van der Waals surface area contributed by atoms with E-state index in [1.807, 2.05) is 18.2 Å². The van der Waals surface area contributed by atoms with E-state index >= 15 is 0 Å². The Bertz CT molecular complexity index is 431. The standard InChI is InChI=1S/C16H29N5.HI/c1-6-17-15(19-11-14-9-7-8-10-18-14)20-12-16(2,3)13-21(4)5;/h7-10H,6,11-13H2,1-5H3,(H2,17,19,20);1H. The highest BCUT2D eigenvalue weighted by atomic mass is 127. The summed E-state index contributed by atoms with van der Waals surface area (Å²) in [5, 5.41) is 6.70. The van der Waals surface area contributed by atoms with Gasteiger partial charge >= 0.3 is 0 Å². The Morgan fingerprint density at radius 2 is 2.00 bits per heavy atom. The summed E-state index contributed by atoms with van der Waals surface area (Å²) in [6.07, 6.45) is 1.80. The minimum atomic E-state index is 0. The van der Waals surface area contributed by atoms with E-state index in [1.165, 1.54) is 0 Å². The molecular weight excluding hydrogens is 389 g/mol. The number of nitrogens with zero attached hydrogens (tertiary/aromatic N) is 3. The highest BCUT2D eigenvalue weighted by Gasteiger charge is 2.19. The van der Waals surface area contributed by atoms with Crippen molar-refractivity contribution in [3.8, 4) is 0 Å². The second-order valence-electron chi connectivity index (χ2n) is 6.27. The molecule has 0 aliphatic carbocycles. The normalized spacial score (nSPS) is 12.0. The summed E-state index contributed by atoms with van der Waals surface area (Å²) in [4.78, 5) is 11.1. The van der Waals surface area contributed by atoms with Gasteiger partial charge in [-0.2, -0.15) is 0 Å². The number of aliphatic imine (C=N–C) groups is 1. The largest absolute Gasteiger partial charge is 0.357 e. The Morgan fingerprint density at radius 3 is 2.55 bits per heavy atom. The fourth-order valence-electron chi connectivity index (χ4n) is 2.23. The Kier molecular flexibility index (Phi) is 10.3. The highest BCUT2D eigenvalue weighted by Crippen LogP contribution is 2.13. The number of hydrogen-bond donors (Lipinski definition) is 2. The Balaban J connectivity index is 0.00000441. The summed E-state index contributed by atoms with van der Waals surface area (Å²) in [6.45, 7) is 9.92. The average Bonchev–Trinajstić information content (AvgIpc) is 2.42. The van der Waals surface area contributed by atoms with Crippen LogP contribution < -0.4 is 10.6 Å². The topological polar surface area (TPSA) is 52.6 Å². The maximum absolute atomic E-state index is 4.58. The summed E-state index contributed by atoms with van der Waals surface area (Å²) in [5.41, 5.74) is 1.16. The molecule has 1 heterocycles. The van der Waals surface area contributed by atoms with E-state index in [1.54, 1.807) is 6.20 Å². The number of guanidine groups is 1. The summed E-state index contributed by atoms with van der Waals surface area (Å²) >= 11 is 0. The van der Waals surface area contributed by atoms with Crippen molar-refractivity contribution < 1.29 is 0 Å². The molecule has 0 aliphatic heterocycles. The van der Waals surface area contributed by atoms with Gasteiger partial charge in [0.15, 0.2) is 5.96 Å². The van der Waals surface area contributed by atoms with Crippen LogP contribution in [0.3, 0.4) is 0 Å². The maximum Gasteiger partial charge on any atom is 0.191 e. The van der Waals surface area contributed by atoms with Gasteiger partial charge in [0.05, 0.1) is 12.2 Å². The second kappa shape index (κ2) is 10.8. The molecule has 6 heteroatoms. The molecule has 22 heavy (non-hydrogen) atoms. The van der Waals surface area contributed by atoms with Crippen molar-refractivity contribution in [2.45, 2.75) is 27.3 Å². The van der Waals surface area contributed by atoms with E-state index in [-0.39, 0.29) is 29.4 Å². The van der Waals surface area contributed by atoms with E-state index in [4.69, 9.17) is 0 Å². The van der Waals surface area contributed by atoms with E-state index in [0.29, 0.717) is 6.54 Å². The molecule has 0 aromatic carbocycles. The van der Waals surface area contributed by atoms with Crippen LogP contribution in [0.2, 0.25) is 0 Å². The predicted octanol–water partition coefficient (Wildman–Crippen LogP) is 2.34. The van der Waals surface area contributed by atoms with E-state index in [9.17, 15) is 0 Å². The molecule has 0 radical (unpaired) electrons. The van der Waals surface area contributed by atoms with Crippen molar-refractivity contribution >= 4 is 29.9 Å². The lowest BCUT2D eigenvalue weighted by atomic mass is 9.93. The van der Waals surface area contributed by atoms with E-state index < -0.39 is 0 Å². The van der Waals surface area contributed by atoms with Crippen molar-refractivity contribution in [2.75, 3.05) is 33.7 Å². The lowest BCUT2D eigenvalue weighted by molar-refractivity contribution is 0.241. The fourth-order valence-corrected chi connectivity index (χ4v) is 2.23. The fraction of sp³-hybridized carbons (Fsp3) is 0.625. The van der Waals surface area contributed by atoms with Crippen LogP contribution in [-0.4, -0.2) is 49.6 Å². The molecule has 0 saturated heterocycles. The summed E-state index contributed by atoms with van der Waals surface area (Å²) in [5.74, 6) is 0.843. The number of nitrogens with one attached hydrogen (secondary N) is 2. The smallest absolute Gasteiger partial charge is 0.191 e. The van der Waals surface area contributed by atoms with Gasteiger partial charge in [-0.05, 0) is 38.6 Å². The second-order valence-corrected chi connectivity index (χ2v) is 6.27. The molecule has 0 spiro atoms. The third-order valence-electron chi connectivity index (χ3n) is 2.95. The van der Waals surface area contributed by atoms with Crippen molar-refractivity contribution in [2.24, 2.45) is 10.4 Å². The molecule has 1 aromatic rings. The predicted molar refractivity (Wildman–Crippen MR) is 105 cm³/mol. The van der Waals surface area contributed by atoms with Gasteiger partial charge in [-0.3, -0.25) is 4.98 Å². The van der Waals surface area contributed by atoms with Crippen molar-refractivity contribution in [3.63, 3.8) is 0 Å². The van der Waals surface area contributed by atoms with Crippen LogP contribution in [0.4, 0.5) is 0 Å². The zero-order chi connectivity index (χ0) is 15.7. The van der Waals surface area contributed by atoms with Crippen LogP contribution in [-0.2, 0) is 6.54 Å². The molecular formula is C16H30IN5. The van der Waals surface area contributed by atoms with Crippen molar-refractivity contribution in [1.82, 2.24) is 20.5 Å². The third-order valence-corrected chi connectivity index (χ3v) is 2.95. The van der Waals surface area contributed by atoms with E-state index in [0.717, 1.165) is 31.3 Å². The Morgan fingerprint density at radius 1 is 1.27 bits per heavy atom. The van der Waals surface area contributed by atoms with Gasteiger partial charge in [-0.25, -0.2) is 4.99 Å². The van der Waals surface area contributed by atoms with Gasteiger partial charge in [0.1, 0.15) is 0 Å². The molecule has 0 aliphatic rings. The molecule has 0 saturated carbocycles. The number of pyridine rings is 1. The molecule has 0 bridgehead atoms. The van der Waals surface area contributed by atoms with Crippen molar-refractivity contribution in [1.29, 1.82) is 0 Å². The average molecular weight is 419 g/mol. The summed E-state index contributed by atoms with van der Waals surface area (Å²) in [6, 6.07) is 5.89. The van der Waals surface area contributed by atoms with Crippen LogP contribution in [0.5, 0.6) is 0 Å². The molecule has 2 N–H and O–H groups in total. The molecule has 1 rings (SSSR count). The Hall–Kier alpha value is -0.890. The molecule has 0 atom stereocenters. The monoisotopic (exact) mass is 419 g/mol. The lowest BCUT2D eigenvalue weighted by Crippen LogP contribution is -2.44. The first-order valence-corrected chi connectivity index (χ1v) is 7.50. The zero-order valence-corrected chi connectivity index (χ0v) is 16.7. The lowest BCUT2D eigenvalue weighted by Gasteiger charge is -2.29. The van der Waals surface area contributed by atoms with Gasteiger partial charge in [-0.1, -0.05) is 19.9 Å². The molecule has 0 fully saturated rings. The maximum atomic E-state index is 4.58. The molecule has 5 nitrogen and oxygen atoms in total. The first-order valence-electron chi connectivity index (χ1n) is 7.50. The van der Waals surface area contributed by atoms with Crippen LogP contribution >= 0.6 is 24.0 Å². The summed E-state index contributed by atoms with van der Waals surface area (Å²) in [7, 11) is 4.20. The SMILES string of the molecule is CCNC(=NCc1ccccn1)NCC(C)(C)CN(C)C.I. The summed E-state index contributed by atoms with van der Waals surface area (Å²) < 4.78 is 0. The molecule has 126 valence electrons. The molecule has 0 unspecified atom stereocenters. The third kappa shape index (κ3) is 9.19. The highest BCUT2D eigenvalue weighted by molar-refractivity contribution is 14.0. The van der Waals surface area contributed by atoms with Gasteiger partial charge in [-0.15, -0.1) is 24.0 Å². The quantitative estimate of drug-likeness (QED) is 0.405. The first-order chi connectivity index (χ1) is 9.93. The molecule has 0 amide bonds. The number of hydrogen-bond acceptors (Lipinski definition) is 3. The van der Waals surface area contributed by atoms with Crippen LogP contribution in [0.15, 0.2) is 29.4 Å². The van der Waals surface area contributed by atoms with Gasteiger partial charge in [0, 0.05) is 25.8 Å². The minimum absolute atomic E-state index is 0. The first kappa shape index (κ1) is 21.1. The minimum Gasteiger partial charge on any atom is -0.357 e. The zero-order valence-electron chi connectivity index (χ0n) is 14.4. The van der Waals surface area contributed by atoms with Gasteiger partial charge in [0.2, 0.25) is 0 Å². The van der Waals surface area contributed by atoms with Crippen LogP contribution in [0, 0.1) is 5.41 Å².